The Bertz CT molecular complexity index is 919. The van der Waals surface area contributed by atoms with Gasteiger partial charge in [-0.3, -0.25) is 9.59 Å². The van der Waals surface area contributed by atoms with Gasteiger partial charge in [0.1, 0.15) is 0 Å². The summed E-state index contributed by atoms with van der Waals surface area (Å²) in [5, 5.41) is 5.95. The van der Waals surface area contributed by atoms with Crippen LogP contribution in [-0.4, -0.2) is 18.4 Å². The summed E-state index contributed by atoms with van der Waals surface area (Å²) >= 11 is 0. The quantitative estimate of drug-likeness (QED) is 0.581. The molecule has 4 nitrogen and oxygen atoms in total. The molecule has 0 saturated carbocycles. The van der Waals surface area contributed by atoms with Crippen molar-refractivity contribution in [1.29, 1.82) is 0 Å². The highest BCUT2D eigenvalue weighted by atomic mass is 16.2. The molecule has 2 aromatic rings. The smallest absolute Gasteiger partial charge is 0.251 e. The van der Waals surface area contributed by atoms with Gasteiger partial charge in [0.15, 0.2) is 0 Å². The predicted octanol–water partition coefficient (Wildman–Crippen LogP) is 5.53. The van der Waals surface area contributed by atoms with Crippen molar-refractivity contribution in [1.82, 2.24) is 10.6 Å². The second-order valence-electron chi connectivity index (χ2n) is 9.32. The number of hydrogen-bond acceptors (Lipinski definition) is 2. The Labute approximate surface area is 186 Å². The zero-order valence-corrected chi connectivity index (χ0v) is 19.0. The van der Waals surface area contributed by atoms with E-state index in [1.807, 2.05) is 48.5 Å². The normalized spacial score (nSPS) is 14.0. The molecular formula is C27H34N2O2. The number of rotatable bonds is 7. The summed E-state index contributed by atoms with van der Waals surface area (Å²) in [6.07, 6.45) is 8.14. The highest BCUT2D eigenvalue weighted by Crippen LogP contribution is 2.22. The molecule has 0 heterocycles. The third-order valence-corrected chi connectivity index (χ3v) is 5.80. The molecule has 1 aliphatic rings. The van der Waals surface area contributed by atoms with E-state index in [4.69, 9.17) is 0 Å². The zero-order chi connectivity index (χ0) is 22.3. The highest BCUT2D eigenvalue weighted by molar-refractivity contribution is 5.95. The molecule has 0 spiro atoms. The fourth-order valence-electron chi connectivity index (χ4n) is 3.75. The van der Waals surface area contributed by atoms with Gasteiger partial charge in [-0.25, -0.2) is 0 Å². The summed E-state index contributed by atoms with van der Waals surface area (Å²) in [6.45, 7) is 7.56. The van der Waals surface area contributed by atoms with Gasteiger partial charge in [0, 0.05) is 24.2 Å². The summed E-state index contributed by atoms with van der Waals surface area (Å²) in [6, 6.07) is 15.2. The van der Waals surface area contributed by atoms with Crippen LogP contribution >= 0.6 is 0 Å². The van der Waals surface area contributed by atoms with Gasteiger partial charge in [-0.1, -0.05) is 56.7 Å². The number of carbonyl (C=O) groups is 2. The van der Waals surface area contributed by atoms with Gasteiger partial charge in [-0.05, 0) is 72.9 Å². The van der Waals surface area contributed by atoms with Crippen molar-refractivity contribution in [2.24, 2.45) is 0 Å². The minimum absolute atomic E-state index is 0.0501. The number of amides is 2. The topological polar surface area (TPSA) is 58.2 Å². The van der Waals surface area contributed by atoms with Crippen molar-refractivity contribution in [3.8, 4) is 0 Å². The van der Waals surface area contributed by atoms with Crippen molar-refractivity contribution < 1.29 is 9.59 Å². The molecule has 0 aliphatic heterocycles. The van der Waals surface area contributed by atoms with E-state index in [0.29, 0.717) is 24.2 Å². The van der Waals surface area contributed by atoms with Crippen molar-refractivity contribution in [3.63, 3.8) is 0 Å². The summed E-state index contributed by atoms with van der Waals surface area (Å²) < 4.78 is 0. The van der Waals surface area contributed by atoms with Gasteiger partial charge in [0.25, 0.3) is 11.8 Å². The van der Waals surface area contributed by atoms with Crippen LogP contribution in [0.15, 0.2) is 60.2 Å². The molecule has 2 aromatic carbocycles. The molecule has 31 heavy (non-hydrogen) atoms. The lowest BCUT2D eigenvalue weighted by molar-refractivity contribution is 0.0943. The zero-order valence-electron chi connectivity index (χ0n) is 19.0. The van der Waals surface area contributed by atoms with Gasteiger partial charge in [-0.15, -0.1) is 0 Å². The van der Waals surface area contributed by atoms with Crippen molar-refractivity contribution in [3.05, 3.63) is 82.4 Å². The van der Waals surface area contributed by atoms with Crippen molar-refractivity contribution in [2.75, 3.05) is 6.54 Å². The molecule has 3 rings (SSSR count). The summed E-state index contributed by atoms with van der Waals surface area (Å²) in [5.41, 5.74) is 4.99. The Morgan fingerprint density at radius 2 is 1.45 bits per heavy atom. The third kappa shape index (κ3) is 6.81. The van der Waals surface area contributed by atoms with E-state index in [9.17, 15) is 9.59 Å². The number of carbonyl (C=O) groups excluding carboxylic acids is 2. The lowest BCUT2D eigenvalue weighted by Crippen LogP contribution is -2.25. The average molecular weight is 419 g/mol. The first-order valence-corrected chi connectivity index (χ1v) is 11.3. The van der Waals surface area contributed by atoms with Gasteiger partial charge in [0.05, 0.1) is 0 Å². The maximum Gasteiger partial charge on any atom is 0.251 e. The van der Waals surface area contributed by atoms with E-state index in [0.717, 1.165) is 18.4 Å². The molecule has 0 bridgehead atoms. The summed E-state index contributed by atoms with van der Waals surface area (Å²) in [5.74, 6) is -0.148. The molecule has 4 heteroatoms. The van der Waals surface area contributed by atoms with Gasteiger partial charge >= 0.3 is 0 Å². The van der Waals surface area contributed by atoms with Crippen LogP contribution in [0.25, 0.3) is 0 Å². The maximum atomic E-state index is 12.4. The molecule has 2 amide bonds. The van der Waals surface area contributed by atoms with E-state index in [-0.39, 0.29) is 17.2 Å². The summed E-state index contributed by atoms with van der Waals surface area (Å²) in [4.78, 5) is 24.8. The second kappa shape index (κ2) is 10.4. The van der Waals surface area contributed by atoms with E-state index in [1.165, 1.54) is 30.4 Å². The monoisotopic (exact) mass is 418 g/mol. The second-order valence-corrected chi connectivity index (χ2v) is 9.32. The molecule has 0 fully saturated rings. The number of hydrogen-bond donors (Lipinski definition) is 2. The lowest BCUT2D eigenvalue weighted by atomic mass is 9.87. The Balaban J connectivity index is 1.45. The van der Waals surface area contributed by atoms with Crippen LogP contribution in [0.1, 0.15) is 84.7 Å². The molecule has 1 aliphatic carbocycles. The van der Waals surface area contributed by atoms with Crippen LogP contribution in [0.3, 0.4) is 0 Å². The molecule has 0 unspecified atom stereocenters. The molecule has 0 saturated heterocycles. The number of benzene rings is 2. The fraction of sp³-hybridized carbons (Fsp3) is 0.407. The standard InChI is InChI=1S/C27H34N2O2/c1-27(2,3)24-15-13-23(14-16-24)26(31)29-19-21-9-11-22(12-10-21)25(30)28-18-17-20-7-5-4-6-8-20/h7,9-16H,4-6,8,17-19H2,1-3H3,(H,28,30)(H,29,31). The summed E-state index contributed by atoms with van der Waals surface area (Å²) in [7, 11) is 0. The number of nitrogens with one attached hydrogen (secondary N) is 2. The fourth-order valence-corrected chi connectivity index (χ4v) is 3.75. The van der Waals surface area contributed by atoms with Gasteiger partial charge in [0.2, 0.25) is 0 Å². The predicted molar refractivity (Wildman–Crippen MR) is 126 cm³/mol. The molecule has 164 valence electrons. The van der Waals surface area contributed by atoms with E-state index >= 15 is 0 Å². The van der Waals surface area contributed by atoms with E-state index in [1.54, 1.807) is 0 Å². The minimum Gasteiger partial charge on any atom is -0.352 e. The first kappa shape index (κ1) is 22.8. The Hall–Kier alpha value is -2.88. The first-order valence-electron chi connectivity index (χ1n) is 11.3. The Kier molecular flexibility index (Phi) is 7.67. The number of allylic oxidation sites excluding steroid dienone is 1. The lowest BCUT2D eigenvalue weighted by Gasteiger charge is -2.19. The largest absolute Gasteiger partial charge is 0.352 e. The molecule has 0 atom stereocenters. The van der Waals surface area contributed by atoms with E-state index in [2.05, 4.69) is 37.5 Å². The minimum atomic E-state index is -0.0979. The van der Waals surface area contributed by atoms with Crippen molar-refractivity contribution >= 4 is 11.8 Å². The van der Waals surface area contributed by atoms with Crippen LogP contribution in [0.5, 0.6) is 0 Å². The Morgan fingerprint density at radius 1 is 0.839 bits per heavy atom. The van der Waals surface area contributed by atoms with E-state index < -0.39 is 0 Å². The molecular weight excluding hydrogens is 384 g/mol. The van der Waals surface area contributed by atoms with Crippen LogP contribution in [-0.2, 0) is 12.0 Å². The van der Waals surface area contributed by atoms with Crippen LogP contribution in [0.4, 0.5) is 0 Å². The van der Waals surface area contributed by atoms with Crippen LogP contribution in [0, 0.1) is 0 Å². The molecule has 2 N–H and O–H groups in total. The first-order chi connectivity index (χ1) is 14.8. The van der Waals surface area contributed by atoms with Crippen LogP contribution in [0.2, 0.25) is 0 Å². The SMILES string of the molecule is CC(C)(C)c1ccc(C(=O)NCc2ccc(C(=O)NCCC3=CCCCC3)cc2)cc1. The highest BCUT2D eigenvalue weighted by Gasteiger charge is 2.14. The van der Waals surface area contributed by atoms with Gasteiger partial charge in [-0.2, -0.15) is 0 Å². The average Bonchev–Trinajstić information content (AvgIpc) is 2.78. The molecule has 0 aromatic heterocycles. The van der Waals surface area contributed by atoms with Crippen molar-refractivity contribution in [2.45, 2.75) is 64.8 Å². The van der Waals surface area contributed by atoms with Crippen LogP contribution < -0.4 is 10.6 Å². The molecule has 0 radical (unpaired) electrons. The third-order valence-electron chi connectivity index (χ3n) is 5.80. The maximum absolute atomic E-state index is 12.4. The Morgan fingerprint density at radius 3 is 2.03 bits per heavy atom. The van der Waals surface area contributed by atoms with Gasteiger partial charge < -0.3 is 10.6 Å².